The normalized spacial score (nSPS) is 14.7. The Kier molecular flexibility index (Phi) is 3.62. The van der Waals surface area contributed by atoms with Crippen molar-refractivity contribution >= 4 is 17.3 Å². The number of nitrogens with zero attached hydrogens (tertiary/aromatic N) is 1. The molecule has 0 bridgehead atoms. The van der Waals surface area contributed by atoms with Gasteiger partial charge in [-0.05, 0) is 18.6 Å². The number of rotatable bonds is 3. The van der Waals surface area contributed by atoms with Gasteiger partial charge in [-0.3, -0.25) is 10.1 Å². The van der Waals surface area contributed by atoms with Crippen LogP contribution in [0.4, 0.5) is 5.69 Å². The van der Waals surface area contributed by atoms with Crippen molar-refractivity contribution in [2.24, 2.45) is 5.73 Å². The summed E-state index contributed by atoms with van der Waals surface area (Å²) in [6.07, 6.45) is -0.772. The van der Waals surface area contributed by atoms with E-state index in [2.05, 4.69) is 0 Å². The molecule has 0 aliphatic carbocycles. The quantitative estimate of drug-likeness (QED) is 0.610. The van der Waals surface area contributed by atoms with E-state index >= 15 is 0 Å². The van der Waals surface area contributed by atoms with Gasteiger partial charge in [-0.1, -0.05) is 17.7 Å². The van der Waals surface area contributed by atoms with Crippen molar-refractivity contribution in [1.82, 2.24) is 0 Å². The molecule has 2 atom stereocenters. The Morgan fingerprint density at radius 2 is 2.20 bits per heavy atom. The zero-order chi connectivity index (χ0) is 11.6. The van der Waals surface area contributed by atoms with Crippen LogP contribution in [-0.2, 0) is 0 Å². The molecule has 0 fully saturated rings. The van der Waals surface area contributed by atoms with Crippen LogP contribution in [0.2, 0.25) is 5.02 Å². The zero-order valence-electron chi connectivity index (χ0n) is 8.05. The van der Waals surface area contributed by atoms with Crippen molar-refractivity contribution < 1.29 is 10.0 Å². The Balaban J connectivity index is 3.13. The number of nitro groups is 1. The molecule has 1 rings (SSSR count). The highest BCUT2D eigenvalue weighted by Crippen LogP contribution is 2.27. The van der Waals surface area contributed by atoms with Crippen LogP contribution in [0.5, 0.6) is 0 Å². The predicted octanol–water partition coefficient (Wildman–Crippen LogP) is 1.63. The molecule has 1 aromatic rings. The third-order valence-electron chi connectivity index (χ3n) is 2.07. The van der Waals surface area contributed by atoms with Crippen molar-refractivity contribution in [1.29, 1.82) is 0 Å². The first-order chi connectivity index (χ1) is 6.93. The molecule has 0 aliphatic rings. The van der Waals surface area contributed by atoms with Crippen LogP contribution in [0, 0.1) is 10.1 Å². The average Bonchev–Trinajstić information content (AvgIpc) is 2.16. The lowest BCUT2D eigenvalue weighted by Crippen LogP contribution is -2.23. The van der Waals surface area contributed by atoms with Gasteiger partial charge in [-0.15, -0.1) is 0 Å². The van der Waals surface area contributed by atoms with Gasteiger partial charge < -0.3 is 10.8 Å². The second kappa shape index (κ2) is 4.57. The molecular weight excluding hydrogens is 220 g/mol. The molecule has 3 N–H and O–H groups in total. The third kappa shape index (κ3) is 2.65. The minimum atomic E-state index is -0.772. The Hall–Kier alpha value is -1.17. The number of halogens is 1. The number of benzene rings is 1. The molecule has 0 radical (unpaired) electrons. The number of nitro benzene ring substituents is 1. The molecule has 5 nitrogen and oxygen atoms in total. The van der Waals surface area contributed by atoms with Gasteiger partial charge in [0.15, 0.2) is 0 Å². The number of nitrogens with two attached hydrogens (primary N) is 1. The Labute approximate surface area is 91.6 Å². The van der Waals surface area contributed by atoms with Crippen LogP contribution < -0.4 is 5.73 Å². The predicted molar refractivity (Wildman–Crippen MR) is 56.7 cm³/mol. The number of hydrogen-bond acceptors (Lipinski definition) is 4. The summed E-state index contributed by atoms with van der Waals surface area (Å²) in [6, 6.07) is 3.59. The molecule has 82 valence electrons. The topological polar surface area (TPSA) is 89.4 Å². The van der Waals surface area contributed by atoms with E-state index in [1.807, 2.05) is 0 Å². The van der Waals surface area contributed by atoms with Gasteiger partial charge in [0.1, 0.15) is 5.02 Å². The molecule has 0 amide bonds. The first-order valence-corrected chi connectivity index (χ1v) is 4.68. The molecule has 0 heterocycles. The maximum atomic E-state index is 10.6. The van der Waals surface area contributed by atoms with Crippen LogP contribution in [0.15, 0.2) is 18.2 Å². The van der Waals surface area contributed by atoms with Crippen molar-refractivity contribution in [2.75, 3.05) is 0 Å². The van der Waals surface area contributed by atoms with E-state index in [0.717, 1.165) is 0 Å². The third-order valence-corrected chi connectivity index (χ3v) is 2.39. The van der Waals surface area contributed by atoms with E-state index in [0.29, 0.717) is 5.56 Å². The second-order valence-corrected chi connectivity index (χ2v) is 3.64. The Morgan fingerprint density at radius 3 is 2.67 bits per heavy atom. The lowest BCUT2D eigenvalue weighted by Gasteiger charge is -2.14. The summed E-state index contributed by atoms with van der Waals surface area (Å²) in [4.78, 5) is 10.0. The minimum absolute atomic E-state index is 0.0570. The Morgan fingerprint density at radius 1 is 1.60 bits per heavy atom. The zero-order valence-corrected chi connectivity index (χ0v) is 8.81. The number of aliphatic hydroxyl groups is 1. The van der Waals surface area contributed by atoms with E-state index < -0.39 is 17.1 Å². The first kappa shape index (κ1) is 11.9. The smallest absolute Gasteiger partial charge is 0.288 e. The van der Waals surface area contributed by atoms with Gasteiger partial charge in [-0.25, -0.2) is 0 Å². The standard InChI is InChI=1S/C9H11ClN2O3/c1-5(13)9(11)6-2-3-7(10)8(4-6)12(14)15/h2-5,9,13H,11H2,1H3/t5-,9-/m0/s1. The fraction of sp³-hybridized carbons (Fsp3) is 0.333. The summed E-state index contributed by atoms with van der Waals surface area (Å²) in [5.41, 5.74) is 5.92. The average molecular weight is 231 g/mol. The lowest BCUT2D eigenvalue weighted by molar-refractivity contribution is -0.384. The van der Waals surface area contributed by atoms with E-state index in [9.17, 15) is 15.2 Å². The summed E-state index contributed by atoms with van der Waals surface area (Å²) >= 11 is 5.63. The van der Waals surface area contributed by atoms with Crippen LogP contribution in [0.3, 0.4) is 0 Å². The SMILES string of the molecule is C[C@H](O)[C@H](N)c1ccc(Cl)c([N+](=O)[O-])c1. The van der Waals surface area contributed by atoms with E-state index in [1.165, 1.54) is 19.1 Å². The molecule has 0 aliphatic heterocycles. The molecule has 0 saturated carbocycles. The van der Waals surface area contributed by atoms with Gasteiger partial charge in [0.2, 0.25) is 0 Å². The molecular formula is C9H11ClN2O3. The van der Waals surface area contributed by atoms with E-state index in [1.54, 1.807) is 6.07 Å². The Bertz CT molecular complexity index is 382. The highest BCUT2D eigenvalue weighted by Gasteiger charge is 2.18. The van der Waals surface area contributed by atoms with Gasteiger partial charge in [0, 0.05) is 6.07 Å². The van der Waals surface area contributed by atoms with Crippen molar-refractivity contribution in [2.45, 2.75) is 19.1 Å². The minimum Gasteiger partial charge on any atom is -0.391 e. The van der Waals surface area contributed by atoms with Gasteiger partial charge in [-0.2, -0.15) is 0 Å². The molecule has 1 aromatic carbocycles. The summed E-state index contributed by atoms with van der Waals surface area (Å²) in [6.45, 7) is 1.52. The maximum absolute atomic E-state index is 10.6. The van der Waals surface area contributed by atoms with Crippen molar-refractivity contribution in [3.63, 3.8) is 0 Å². The van der Waals surface area contributed by atoms with E-state index in [4.69, 9.17) is 17.3 Å². The fourth-order valence-corrected chi connectivity index (χ4v) is 1.34. The van der Waals surface area contributed by atoms with Gasteiger partial charge in [0.25, 0.3) is 5.69 Å². The van der Waals surface area contributed by atoms with E-state index in [-0.39, 0.29) is 10.7 Å². The number of aliphatic hydroxyl groups excluding tert-OH is 1. The maximum Gasteiger partial charge on any atom is 0.288 e. The van der Waals surface area contributed by atoms with Crippen LogP contribution in [0.25, 0.3) is 0 Å². The van der Waals surface area contributed by atoms with Crippen molar-refractivity contribution in [3.05, 3.63) is 38.9 Å². The highest BCUT2D eigenvalue weighted by molar-refractivity contribution is 6.32. The van der Waals surface area contributed by atoms with Crippen LogP contribution >= 0.6 is 11.6 Å². The van der Waals surface area contributed by atoms with Crippen LogP contribution in [-0.4, -0.2) is 16.1 Å². The molecule has 0 spiro atoms. The molecule has 0 unspecified atom stereocenters. The molecule has 15 heavy (non-hydrogen) atoms. The highest BCUT2D eigenvalue weighted by atomic mass is 35.5. The summed E-state index contributed by atoms with van der Waals surface area (Å²) in [5.74, 6) is 0. The molecule has 6 heteroatoms. The largest absolute Gasteiger partial charge is 0.391 e. The monoisotopic (exact) mass is 230 g/mol. The van der Waals surface area contributed by atoms with Crippen LogP contribution in [0.1, 0.15) is 18.5 Å². The summed E-state index contributed by atoms with van der Waals surface area (Å²) < 4.78 is 0. The van der Waals surface area contributed by atoms with Gasteiger partial charge in [0.05, 0.1) is 17.1 Å². The summed E-state index contributed by atoms with van der Waals surface area (Å²) in [5, 5.41) is 19.9. The first-order valence-electron chi connectivity index (χ1n) is 4.31. The molecule has 0 aromatic heterocycles. The summed E-state index contributed by atoms with van der Waals surface area (Å²) in [7, 11) is 0. The second-order valence-electron chi connectivity index (χ2n) is 3.23. The number of hydrogen-bond donors (Lipinski definition) is 2. The molecule has 0 saturated heterocycles. The van der Waals surface area contributed by atoms with Gasteiger partial charge >= 0.3 is 0 Å². The van der Waals surface area contributed by atoms with Crippen molar-refractivity contribution in [3.8, 4) is 0 Å². The fourth-order valence-electron chi connectivity index (χ4n) is 1.16. The lowest BCUT2D eigenvalue weighted by atomic mass is 10.0.